The van der Waals surface area contributed by atoms with Crippen molar-refractivity contribution in [3.8, 4) is 0 Å². The molecule has 3 saturated carbocycles. The van der Waals surface area contributed by atoms with Crippen LogP contribution in [0.3, 0.4) is 0 Å². The summed E-state index contributed by atoms with van der Waals surface area (Å²) < 4.78 is 11.9. The van der Waals surface area contributed by atoms with Crippen LogP contribution in [-0.4, -0.2) is 63.8 Å². The second-order valence-corrected chi connectivity index (χ2v) is 15.0. The SMILES string of the molecule is CC(C)CCC[C@@H](C)[C@H]1CC[C@H]2[C@@H]3CC=C4C[C@H](O[C@@H]5O[C@H](CO)[C@@H](O)[C@H](O)[C@H]5O)CC[C@]4(C)[C@H]3CC[C@]12C. The Kier molecular flexibility index (Phi) is 8.95. The van der Waals surface area contributed by atoms with Crippen LogP contribution in [0.15, 0.2) is 11.6 Å². The number of fused-ring (bicyclic) bond motifs is 5. The molecule has 224 valence electrons. The van der Waals surface area contributed by atoms with E-state index >= 15 is 0 Å². The van der Waals surface area contributed by atoms with Crippen molar-refractivity contribution in [1.29, 1.82) is 0 Å². The summed E-state index contributed by atoms with van der Waals surface area (Å²) >= 11 is 0. The molecule has 0 unspecified atom stereocenters. The van der Waals surface area contributed by atoms with Crippen LogP contribution in [0.5, 0.6) is 0 Å². The maximum atomic E-state index is 10.5. The molecule has 5 aliphatic rings. The molecule has 13 atom stereocenters. The number of aliphatic hydroxyl groups excluding tert-OH is 4. The minimum atomic E-state index is -1.39. The lowest BCUT2D eigenvalue weighted by Crippen LogP contribution is -2.60. The van der Waals surface area contributed by atoms with E-state index in [1.54, 1.807) is 0 Å². The molecular formula is C33H56O6. The zero-order valence-electron chi connectivity index (χ0n) is 25.1. The Morgan fingerprint density at radius 3 is 2.44 bits per heavy atom. The first-order valence-corrected chi connectivity index (χ1v) is 16.1. The second kappa shape index (κ2) is 11.6. The van der Waals surface area contributed by atoms with Gasteiger partial charge in [0.2, 0.25) is 0 Å². The van der Waals surface area contributed by atoms with Crippen molar-refractivity contribution in [3.63, 3.8) is 0 Å². The molecule has 4 N–H and O–H groups in total. The molecule has 1 aliphatic heterocycles. The summed E-state index contributed by atoms with van der Waals surface area (Å²) in [5.41, 5.74) is 2.20. The van der Waals surface area contributed by atoms with Crippen LogP contribution in [-0.2, 0) is 9.47 Å². The van der Waals surface area contributed by atoms with E-state index < -0.39 is 37.3 Å². The van der Waals surface area contributed by atoms with Crippen molar-refractivity contribution < 1.29 is 29.9 Å². The van der Waals surface area contributed by atoms with Crippen LogP contribution in [0.1, 0.15) is 105 Å². The zero-order valence-corrected chi connectivity index (χ0v) is 25.1. The Morgan fingerprint density at radius 1 is 0.949 bits per heavy atom. The molecule has 6 heteroatoms. The number of aliphatic hydroxyl groups is 4. The third-order valence-corrected chi connectivity index (χ3v) is 12.4. The van der Waals surface area contributed by atoms with E-state index in [2.05, 4.69) is 40.7 Å². The first kappa shape index (κ1) is 30.0. The lowest BCUT2D eigenvalue weighted by Gasteiger charge is -2.58. The van der Waals surface area contributed by atoms with Gasteiger partial charge in [0.1, 0.15) is 24.4 Å². The summed E-state index contributed by atoms with van der Waals surface area (Å²) in [6, 6.07) is 0. The summed E-state index contributed by atoms with van der Waals surface area (Å²) in [4.78, 5) is 0. The van der Waals surface area contributed by atoms with E-state index in [-0.39, 0.29) is 11.5 Å². The lowest BCUT2D eigenvalue weighted by atomic mass is 9.47. The number of allylic oxidation sites excluding steroid dienone is 1. The van der Waals surface area contributed by atoms with Crippen molar-refractivity contribution >= 4 is 0 Å². The van der Waals surface area contributed by atoms with Gasteiger partial charge >= 0.3 is 0 Å². The van der Waals surface area contributed by atoms with E-state index in [0.29, 0.717) is 5.41 Å². The maximum absolute atomic E-state index is 10.5. The van der Waals surface area contributed by atoms with Crippen molar-refractivity contribution in [2.75, 3.05) is 6.61 Å². The maximum Gasteiger partial charge on any atom is 0.186 e. The van der Waals surface area contributed by atoms with Gasteiger partial charge in [-0.1, -0.05) is 65.5 Å². The van der Waals surface area contributed by atoms with Crippen molar-refractivity contribution in [2.45, 2.75) is 142 Å². The summed E-state index contributed by atoms with van der Waals surface area (Å²) in [6.45, 7) is 12.0. The van der Waals surface area contributed by atoms with E-state index in [4.69, 9.17) is 9.47 Å². The molecule has 5 rings (SSSR count). The van der Waals surface area contributed by atoms with E-state index in [0.717, 1.165) is 54.8 Å². The Bertz CT molecular complexity index is 872. The molecule has 0 aromatic heterocycles. The monoisotopic (exact) mass is 548 g/mol. The molecule has 4 fully saturated rings. The number of rotatable bonds is 8. The van der Waals surface area contributed by atoms with Crippen LogP contribution in [0, 0.1) is 46.3 Å². The molecule has 0 bridgehead atoms. The summed E-state index contributed by atoms with van der Waals surface area (Å²) in [5.74, 6) is 4.87. The quantitative estimate of drug-likeness (QED) is 0.311. The fourth-order valence-corrected chi connectivity index (χ4v) is 10.1. The Balaban J connectivity index is 1.24. The summed E-state index contributed by atoms with van der Waals surface area (Å²) in [7, 11) is 0. The topological polar surface area (TPSA) is 99.4 Å². The molecule has 0 spiro atoms. The Morgan fingerprint density at radius 2 is 1.72 bits per heavy atom. The average molecular weight is 549 g/mol. The fraction of sp³-hybridized carbons (Fsp3) is 0.939. The van der Waals surface area contributed by atoms with E-state index in [1.165, 1.54) is 56.9 Å². The normalized spacial score (nSPS) is 48.7. The highest BCUT2D eigenvalue weighted by molar-refractivity contribution is 5.25. The standard InChI is InChI=1S/C33H56O6/c1-19(2)7-6-8-20(3)24-11-12-25-23-10-9-21-17-22(13-15-32(21,4)26(23)14-16-33(24,25)5)38-31-30(37)29(36)28(35)27(18-34)39-31/h9,19-20,22-31,34-37H,6-8,10-18H2,1-5H3/t20-,22-,23+,24-,25+,26+,27-,28-,29+,30-,31-,32+,33-/m1/s1. The van der Waals surface area contributed by atoms with Crippen molar-refractivity contribution in [1.82, 2.24) is 0 Å². The van der Waals surface area contributed by atoms with Gasteiger partial charge in [0.15, 0.2) is 6.29 Å². The van der Waals surface area contributed by atoms with Crippen LogP contribution in [0.25, 0.3) is 0 Å². The minimum absolute atomic E-state index is 0.0984. The van der Waals surface area contributed by atoms with Gasteiger partial charge in [-0.3, -0.25) is 0 Å². The van der Waals surface area contributed by atoms with Gasteiger partial charge in [0, 0.05) is 0 Å². The lowest BCUT2D eigenvalue weighted by molar-refractivity contribution is -0.313. The third kappa shape index (κ3) is 5.41. The number of hydrogen-bond donors (Lipinski definition) is 4. The molecule has 0 radical (unpaired) electrons. The van der Waals surface area contributed by atoms with Crippen LogP contribution >= 0.6 is 0 Å². The fourth-order valence-electron chi connectivity index (χ4n) is 10.1. The molecule has 1 saturated heterocycles. The highest BCUT2D eigenvalue weighted by Crippen LogP contribution is 2.67. The van der Waals surface area contributed by atoms with Gasteiger partial charge in [-0.2, -0.15) is 0 Å². The van der Waals surface area contributed by atoms with E-state index in [1.807, 2.05) is 0 Å². The van der Waals surface area contributed by atoms with E-state index in [9.17, 15) is 20.4 Å². The van der Waals surface area contributed by atoms with Gasteiger partial charge in [0.25, 0.3) is 0 Å². The first-order valence-electron chi connectivity index (χ1n) is 16.1. The zero-order chi connectivity index (χ0) is 28.1. The largest absolute Gasteiger partial charge is 0.394 e. The Hall–Kier alpha value is -0.500. The predicted molar refractivity (Wildman–Crippen MR) is 152 cm³/mol. The van der Waals surface area contributed by atoms with Crippen LogP contribution in [0.2, 0.25) is 0 Å². The summed E-state index contributed by atoms with van der Waals surface area (Å²) in [6.07, 6.45) is 9.98. The molecule has 0 aromatic rings. The second-order valence-electron chi connectivity index (χ2n) is 15.0. The predicted octanol–water partition coefficient (Wildman–Crippen LogP) is 5.21. The molecular weight excluding hydrogens is 492 g/mol. The Labute approximate surface area is 236 Å². The number of hydrogen-bond acceptors (Lipinski definition) is 6. The van der Waals surface area contributed by atoms with Crippen LogP contribution in [0.4, 0.5) is 0 Å². The molecule has 6 nitrogen and oxygen atoms in total. The summed E-state index contributed by atoms with van der Waals surface area (Å²) in [5, 5.41) is 40.3. The molecule has 0 aromatic carbocycles. The minimum Gasteiger partial charge on any atom is -0.394 e. The average Bonchev–Trinajstić information content (AvgIpc) is 3.26. The van der Waals surface area contributed by atoms with Crippen LogP contribution < -0.4 is 0 Å². The third-order valence-electron chi connectivity index (χ3n) is 12.4. The smallest absolute Gasteiger partial charge is 0.186 e. The highest BCUT2D eigenvalue weighted by atomic mass is 16.7. The van der Waals surface area contributed by atoms with Crippen molar-refractivity contribution in [2.24, 2.45) is 46.3 Å². The van der Waals surface area contributed by atoms with Gasteiger partial charge in [-0.15, -0.1) is 0 Å². The van der Waals surface area contributed by atoms with Gasteiger partial charge in [-0.05, 0) is 97.7 Å². The first-order chi connectivity index (χ1) is 18.5. The van der Waals surface area contributed by atoms with Gasteiger partial charge in [-0.25, -0.2) is 0 Å². The molecule has 0 amide bonds. The molecule has 4 aliphatic carbocycles. The van der Waals surface area contributed by atoms with Gasteiger partial charge < -0.3 is 29.9 Å². The highest BCUT2D eigenvalue weighted by Gasteiger charge is 2.59. The molecule has 39 heavy (non-hydrogen) atoms. The molecule has 1 heterocycles. The number of ether oxygens (including phenoxy) is 2. The van der Waals surface area contributed by atoms with Crippen molar-refractivity contribution in [3.05, 3.63) is 11.6 Å². The van der Waals surface area contributed by atoms with Gasteiger partial charge in [0.05, 0.1) is 12.7 Å².